The van der Waals surface area contributed by atoms with Crippen LogP contribution in [0.4, 0.5) is 0 Å². The Balaban J connectivity index is 2.17. The van der Waals surface area contributed by atoms with Gasteiger partial charge in [0.25, 0.3) is 0 Å². The minimum Gasteiger partial charge on any atom is -0.481 e. The zero-order valence-electron chi connectivity index (χ0n) is 15.5. The van der Waals surface area contributed by atoms with Gasteiger partial charge in [0.2, 0.25) is 0 Å². The molecule has 0 aromatic heterocycles. The molecular formula is C22H30O4. The lowest BCUT2D eigenvalue weighted by atomic mass is 9.92. The molecule has 0 bridgehead atoms. The number of carbonyl (C=O) groups excluding carboxylic acids is 1. The Morgan fingerprint density at radius 1 is 1.15 bits per heavy atom. The van der Waals surface area contributed by atoms with Crippen molar-refractivity contribution in [1.82, 2.24) is 0 Å². The fourth-order valence-corrected chi connectivity index (χ4v) is 2.72. The number of allylic oxidation sites excluding steroid dienone is 8. The first-order valence-electron chi connectivity index (χ1n) is 9.29. The van der Waals surface area contributed by atoms with Gasteiger partial charge in [0, 0.05) is 12.3 Å². The highest BCUT2D eigenvalue weighted by atomic mass is 16.4. The van der Waals surface area contributed by atoms with Gasteiger partial charge >= 0.3 is 5.97 Å². The highest BCUT2D eigenvalue weighted by molar-refractivity contribution is 5.95. The molecule has 4 heteroatoms. The molecule has 0 aliphatic heterocycles. The number of aliphatic carboxylic acids is 1. The van der Waals surface area contributed by atoms with Crippen molar-refractivity contribution in [2.24, 2.45) is 11.8 Å². The molecule has 0 amide bonds. The van der Waals surface area contributed by atoms with Crippen molar-refractivity contribution in [2.45, 2.75) is 51.6 Å². The fourth-order valence-electron chi connectivity index (χ4n) is 2.72. The second-order valence-corrected chi connectivity index (χ2v) is 6.37. The van der Waals surface area contributed by atoms with E-state index in [1.54, 1.807) is 12.2 Å². The number of carboxylic acid groups (broad SMARTS) is 1. The third-order valence-corrected chi connectivity index (χ3v) is 4.26. The minimum absolute atomic E-state index is 0.120. The second kappa shape index (κ2) is 13.1. The van der Waals surface area contributed by atoms with E-state index in [-0.39, 0.29) is 24.0 Å². The summed E-state index contributed by atoms with van der Waals surface area (Å²) < 4.78 is 0. The molecule has 0 fully saturated rings. The van der Waals surface area contributed by atoms with E-state index in [0.29, 0.717) is 12.8 Å². The van der Waals surface area contributed by atoms with Crippen LogP contribution in [0.2, 0.25) is 0 Å². The standard InChI is InChI=1S/C22H30O4/c1-2-18-14-17-21(24)20(18)16-15-19(23)12-10-8-6-4-3-5-7-9-11-13-22(25)26/h3-4,7-10,14-20,23H,2,5-6,11-13H2,1H3,(H,25,26)/b4-3-,9-7-,10-8-,16-15+/t18-,19+,20-/m0/s1. The number of aliphatic hydroxyl groups is 1. The van der Waals surface area contributed by atoms with Gasteiger partial charge < -0.3 is 10.2 Å². The third-order valence-electron chi connectivity index (χ3n) is 4.26. The predicted octanol–water partition coefficient (Wildman–Crippen LogP) is 4.39. The number of hydrogen-bond donors (Lipinski definition) is 2. The van der Waals surface area contributed by atoms with Crippen molar-refractivity contribution in [3.8, 4) is 0 Å². The van der Waals surface area contributed by atoms with Gasteiger partial charge in [-0.25, -0.2) is 0 Å². The molecule has 0 aromatic carbocycles. The van der Waals surface area contributed by atoms with E-state index >= 15 is 0 Å². The van der Waals surface area contributed by atoms with Crippen LogP contribution in [-0.4, -0.2) is 28.1 Å². The van der Waals surface area contributed by atoms with Gasteiger partial charge in [-0.05, 0) is 44.1 Å². The maximum Gasteiger partial charge on any atom is 0.303 e. The average Bonchev–Trinajstić information content (AvgIpc) is 2.97. The molecule has 3 atom stereocenters. The van der Waals surface area contributed by atoms with E-state index in [0.717, 1.165) is 19.3 Å². The highest BCUT2D eigenvalue weighted by Crippen LogP contribution is 2.26. The Labute approximate surface area is 156 Å². The van der Waals surface area contributed by atoms with E-state index in [4.69, 9.17) is 5.11 Å². The number of rotatable bonds is 12. The molecule has 142 valence electrons. The minimum atomic E-state index is -0.774. The summed E-state index contributed by atoms with van der Waals surface area (Å²) in [5.41, 5.74) is 0. The number of carboxylic acids is 1. The van der Waals surface area contributed by atoms with Crippen LogP contribution in [0.15, 0.2) is 60.8 Å². The lowest BCUT2D eigenvalue weighted by Crippen LogP contribution is -2.13. The number of ketones is 1. The fraction of sp³-hybridized carbons (Fsp3) is 0.455. The Morgan fingerprint density at radius 3 is 2.46 bits per heavy atom. The highest BCUT2D eigenvalue weighted by Gasteiger charge is 2.26. The monoisotopic (exact) mass is 358 g/mol. The van der Waals surface area contributed by atoms with Gasteiger partial charge in [-0.15, -0.1) is 0 Å². The smallest absolute Gasteiger partial charge is 0.303 e. The summed E-state index contributed by atoms with van der Waals surface area (Å²) in [7, 11) is 0. The maximum atomic E-state index is 11.8. The Bertz CT molecular complexity index is 581. The van der Waals surface area contributed by atoms with E-state index < -0.39 is 12.1 Å². The van der Waals surface area contributed by atoms with Crippen LogP contribution in [0, 0.1) is 11.8 Å². The molecular weight excluding hydrogens is 328 g/mol. The molecule has 0 radical (unpaired) electrons. The summed E-state index contributed by atoms with van der Waals surface area (Å²) in [6.07, 6.45) is 22.2. The maximum absolute atomic E-state index is 11.8. The Hall–Kier alpha value is -2.20. The molecule has 0 saturated heterocycles. The van der Waals surface area contributed by atoms with Gasteiger partial charge in [-0.2, -0.15) is 0 Å². The van der Waals surface area contributed by atoms with Crippen molar-refractivity contribution < 1.29 is 19.8 Å². The summed E-state index contributed by atoms with van der Waals surface area (Å²) in [5, 5.41) is 18.5. The van der Waals surface area contributed by atoms with Crippen molar-refractivity contribution >= 4 is 11.8 Å². The van der Waals surface area contributed by atoms with E-state index in [1.807, 2.05) is 48.6 Å². The van der Waals surface area contributed by atoms with Crippen LogP contribution in [0.3, 0.4) is 0 Å². The SMILES string of the molecule is CC[C@H]1C=CC(=O)[C@H]1/C=C/[C@H](O)C/C=C\C/C=C\C/C=C\CCC(=O)O. The molecule has 26 heavy (non-hydrogen) atoms. The van der Waals surface area contributed by atoms with Crippen molar-refractivity contribution in [1.29, 1.82) is 0 Å². The molecule has 0 spiro atoms. The first-order valence-corrected chi connectivity index (χ1v) is 9.29. The summed E-state index contributed by atoms with van der Waals surface area (Å²) in [4.78, 5) is 22.1. The van der Waals surface area contributed by atoms with Gasteiger partial charge in [0.05, 0.1) is 6.10 Å². The molecule has 0 heterocycles. The number of hydrogen-bond acceptors (Lipinski definition) is 3. The van der Waals surface area contributed by atoms with Crippen LogP contribution < -0.4 is 0 Å². The quantitative estimate of drug-likeness (QED) is 0.507. The van der Waals surface area contributed by atoms with E-state index in [2.05, 4.69) is 6.92 Å². The van der Waals surface area contributed by atoms with Crippen molar-refractivity contribution in [3.05, 3.63) is 60.8 Å². The predicted molar refractivity (Wildman–Crippen MR) is 105 cm³/mol. The van der Waals surface area contributed by atoms with Gasteiger partial charge in [0.1, 0.15) is 0 Å². The van der Waals surface area contributed by atoms with Crippen LogP contribution >= 0.6 is 0 Å². The Kier molecular flexibility index (Phi) is 11.0. The number of aliphatic hydroxyl groups excluding tert-OH is 1. The first kappa shape index (κ1) is 21.8. The molecule has 1 aliphatic rings. The van der Waals surface area contributed by atoms with E-state index in [9.17, 15) is 14.7 Å². The molecule has 0 saturated carbocycles. The molecule has 4 nitrogen and oxygen atoms in total. The molecule has 0 aromatic rings. The topological polar surface area (TPSA) is 74.6 Å². The average molecular weight is 358 g/mol. The Morgan fingerprint density at radius 2 is 1.81 bits per heavy atom. The third kappa shape index (κ3) is 9.33. The molecule has 1 rings (SSSR count). The second-order valence-electron chi connectivity index (χ2n) is 6.37. The van der Waals surface area contributed by atoms with Crippen LogP contribution in [0.1, 0.15) is 45.4 Å². The summed E-state index contributed by atoms with van der Waals surface area (Å²) in [6.45, 7) is 2.06. The zero-order chi connectivity index (χ0) is 19.2. The summed E-state index contributed by atoms with van der Waals surface area (Å²) in [6, 6.07) is 0. The van der Waals surface area contributed by atoms with Crippen molar-refractivity contribution in [2.75, 3.05) is 0 Å². The lowest BCUT2D eigenvalue weighted by Gasteiger charge is -2.12. The van der Waals surface area contributed by atoms with Crippen LogP contribution in [0.25, 0.3) is 0 Å². The van der Waals surface area contributed by atoms with Gasteiger partial charge in [0.15, 0.2) is 5.78 Å². The first-order chi connectivity index (χ1) is 12.5. The van der Waals surface area contributed by atoms with Crippen LogP contribution in [0.5, 0.6) is 0 Å². The summed E-state index contributed by atoms with van der Waals surface area (Å²) >= 11 is 0. The van der Waals surface area contributed by atoms with E-state index in [1.165, 1.54) is 0 Å². The number of carbonyl (C=O) groups is 2. The van der Waals surface area contributed by atoms with Crippen LogP contribution in [-0.2, 0) is 9.59 Å². The normalized spacial score (nSPS) is 21.8. The summed E-state index contributed by atoms with van der Waals surface area (Å²) in [5.74, 6) is -0.517. The lowest BCUT2D eigenvalue weighted by molar-refractivity contribution is -0.136. The van der Waals surface area contributed by atoms with Gasteiger partial charge in [-0.3, -0.25) is 9.59 Å². The van der Waals surface area contributed by atoms with Gasteiger partial charge in [-0.1, -0.05) is 61.6 Å². The van der Waals surface area contributed by atoms with Crippen molar-refractivity contribution in [3.63, 3.8) is 0 Å². The molecule has 0 unspecified atom stereocenters. The zero-order valence-corrected chi connectivity index (χ0v) is 15.5. The largest absolute Gasteiger partial charge is 0.481 e. The molecule has 2 N–H and O–H groups in total. The molecule has 1 aliphatic carbocycles.